The van der Waals surface area contributed by atoms with Crippen LogP contribution in [-0.4, -0.2) is 78.1 Å². The van der Waals surface area contributed by atoms with Crippen LogP contribution < -0.4 is 9.46 Å². The highest BCUT2D eigenvalue weighted by molar-refractivity contribution is 7.90. The zero-order valence-corrected chi connectivity index (χ0v) is 31.7. The molecule has 2 aromatic carbocycles. The molecule has 4 heterocycles. The van der Waals surface area contributed by atoms with Crippen molar-refractivity contribution in [3.8, 4) is 17.0 Å². The highest BCUT2D eigenvalue weighted by Gasteiger charge is 2.34. The number of aromatic nitrogens is 3. The first-order chi connectivity index (χ1) is 25.6. The molecule has 12 heteroatoms. The maximum atomic E-state index is 14.4. The molecule has 11 nitrogen and oxygen atoms in total. The molecule has 2 saturated carbocycles. The number of hydrogen-bond acceptors (Lipinski definition) is 7. The van der Waals surface area contributed by atoms with Crippen LogP contribution in [-0.2, 0) is 21.3 Å². The number of carbonyl (C=O) groups excluding carboxylic acids is 2. The Morgan fingerprint density at radius 1 is 0.943 bits per heavy atom. The van der Waals surface area contributed by atoms with Crippen molar-refractivity contribution in [1.82, 2.24) is 24.0 Å². The average Bonchev–Trinajstić information content (AvgIpc) is 3.49. The lowest BCUT2D eigenvalue weighted by atomic mass is 9.81. The van der Waals surface area contributed by atoms with Crippen LogP contribution in [0.5, 0.6) is 5.75 Å². The second kappa shape index (κ2) is 14.4. The molecule has 2 aliphatic carbocycles. The van der Waals surface area contributed by atoms with E-state index in [9.17, 15) is 18.0 Å². The number of fused-ring (bicyclic) bond motifs is 5. The third-order valence-electron chi connectivity index (χ3n) is 11.7. The molecule has 2 aliphatic heterocycles. The molecule has 1 saturated heterocycles. The first-order valence-corrected chi connectivity index (χ1v) is 20.7. The van der Waals surface area contributed by atoms with Crippen molar-refractivity contribution in [2.75, 3.05) is 33.4 Å². The second-order valence-electron chi connectivity index (χ2n) is 15.3. The fraction of sp³-hybridized carbons (Fsp3) is 0.488. The Bertz CT molecular complexity index is 2200. The summed E-state index contributed by atoms with van der Waals surface area (Å²) in [4.78, 5) is 29.8. The van der Waals surface area contributed by atoms with Crippen LogP contribution in [0.1, 0.15) is 121 Å². The summed E-state index contributed by atoms with van der Waals surface area (Å²) < 4.78 is 43.6. The van der Waals surface area contributed by atoms with E-state index >= 15 is 0 Å². The zero-order chi connectivity index (χ0) is 36.9. The Labute approximate surface area is 311 Å². The Kier molecular flexibility index (Phi) is 9.69. The SMILES string of the molecule is COc1ccc2c(c1)C=C(c1c(C(=O)N3CCCOCC3)cnn1C1CCC1)Cn1c-2c(C2CCCCC2)c2ccc(C(=O)NS(=O)(=O)C(C)C)cc21. The van der Waals surface area contributed by atoms with E-state index in [0.717, 1.165) is 96.1 Å². The van der Waals surface area contributed by atoms with Crippen LogP contribution in [0.25, 0.3) is 33.8 Å². The van der Waals surface area contributed by atoms with Crippen LogP contribution in [0.2, 0.25) is 0 Å². The molecule has 2 amide bonds. The van der Waals surface area contributed by atoms with Gasteiger partial charge in [-0.2, -0.15) is 5.10 Å². The summed E-state index contributed by atoms with van der Waals surface area (Å²) in [5.41, 5.74) is 7.89. The molecule has 0 radical (unpaired) electrons. The minimum Gasteiger partial charge on any atom is -0.497 e. The molecular weight excluding hydrogens is 691 g/mol. The summed E-state index contributed by atoms with van der Waals surface area (Å²) in [6.45, 7) is 5.82. The van der Waals surface area contributed by atoms with Gasteiger partial charge in [0.2, 0.25) is 10.0 Å². The number of methoxy groups -OCH3 is 1. The quantitative estimate of drug-likeness (QED) is 0.203. The lowest BCUT2D eigenvalue weighted by Gasteiger charge is -2.29. The van der Waals surface area contributed by atoms with Gasteiger partial charge in [0.15, 0.2) is 0 Å². The Morgan fingerprint density at radius 3 is 2.49 bits per heavy atom. The molecule has 4 aliphatic rings. The minimum absolute atomic E-state index is 0.0436. The number of amides is 2. The monoisotopic (exact) mass is 739 g/mol. The van der Waals surface area contributed by atoms with E-state index in [1.165, 1.54) is 12.0 Å². The van der Waals surface area contributed by atoms with Crippen LogP contribution in [0.15, 0.2) is 42.6 Å². The van der Waals surface area contributed by atoms with Crippen LogP contribution in [0.4, 0.5) is 0 Å². The van der Waals surface area contributed by atoms with Gasteiger partial charge in [-0.1, -0.05) is 25.3 Å². The number of nitrogens with zero attached hydrogens (tertiary/aromatic N) is 4. The number of hydrogen-bond donors (Lipinski definition) is 1. The van der Waals surface area contributed by atoms with Gasteiger partial charge in [-0.25, -0.2) is 13.1 Å². The van der Waals surface area contributed by atoms with Gasteiger partial charge in [0, 0.05) is 41.7 Å². The second-order valence-corrected chi connectivity index (χ2v) is 17.5. The lowest BCUT2D eigenvalue weighted by molar-refractivity contribution is 0.0740. The normalized spacial score (nSPS) is 18.5. The van der Waals surface area contributed by atoms with Crippen molar-refractivity contribution in [3.63, 3.8) is 0 Å². The standard InChI is InChI=1S/C41H49N5O6S/c1-26(2)53(49,50)43-40(47)28-13-15-34-36(23-28)45-25-30(21-29-22-32(51-3)14-16-33(29)39(45)37(34)27-9-5-4-6-10-27)38-35(24-42-46(38)31-11-7-12-31)41(48)44-17-8-19-52-20-18-44/h13-16,21-24,26-27,31H,4-12,17-20,25H2,1-3H3,(H,43,47). The van der Waals surface area contributed by atoms with Gasteiger partial charge in [-0.3, -0.25) is 14.3 Å². The number of rotatable bonds is 8. The Hall–Kier alpha value is -4.42. The third kappa shape index (κ3) is 6.58. The fourth-order valence-electron chi connectivity index (χ4n) is 8.50. The molecule has 53 heavy (non-hydrogen) atoms. The van der Waals surface area contributed by atoms with Gasteiger partial charge < -0.3 is 18.9 Å². The lowest BCUT2D eigenvalue weighted by Crippen LogP contribution is -2.35. The number of sulfonamides is 1. The molecule has 4 aromatic rings. The van der Waals surface area contributed by atoms with Crippen LogP contribution in [0.3, 0.4) is 0 Å². The molecule has 8 rings (SSSR count). The summed E-state index contributed by atoms with van der Waals surface area (Å²) in [6.07, 6.45) is 13.5. The zero-order valence-electron chi connectivity index (χ0n) is 30.9. The van der Waals surface area contributed by atoms with E-state index in [2.05, 4.69) is 32.2 Å². The van der Waals surface area contributed by atoms with Gasteiger partial charge in [0.05, 0.1) is 54.7 Å². The topological polar surface area (TPSA) is 125 Å². The van der Waals surface area contributed by atoms with Gasteiger partial charge in [0.25, 0.3) is 11.8 Å². The number of benzene rings is 2. The van der Waals surface area contributed by atoms with Gasteiger partial charge in [0.1, 0.15) is 5.75 Å². The minimum atomic E-state index is -3.83. The first-order valence-electron chi connectivity index (χ1n) is 19.2. The number of carbonyl (C=O) groups is 2. The van der Waals surface area contributed by atoms with Crippen LogP contribution in [0, 0.1) is 0 Å². The molecule has 0 atom stereocenters. The Morgan fingerprint density at radius 2 is 1.75 bits per heavy atom. The average molecular weight is 740 g/mol. The van der Waals surface area contributed by atoms with Crippen molar-refractivity contribution >= 4 is 44.4 Å². The first kappa shape index (κ1) is 35.6. The largest absolute Gasteiger partial charge is 0.497 e. The molecule has 3 fully saturated rings. The smallest absolute Gasteiger partial charge is 0.264 e. The summed E-state index contributed by atoms with van der Waals surface area (Å²) in [7, 11) is -2.16. The summed E-state index contributed by atoms with van der Waals surface area (Å²) in [5, 5.41) is 5.22. The number of ether oxygens (including phenoxy) is 2. The van der Waals surface area contributed by atoms with Crippen LogP contribution >= 0.6 is 0 Å². The van der Waals surface area contributed by atoms with Crippen molar-refractivity contribution in [2.45, 2.75) is 95.4 Å². The molecule has 0 bridgehead atoms. The molecule has 0 unspecified atom stereocenters. The fourth-order valence-corrected chi connectivity index (χ4v) is 9.11. The number of nitrogens with one attached hydrogen (secondary N) is 1. The number of allylic oxidation sites excluding steroid dienone is 1. The van der Waals surface area contributed by atoms with Gasteiger partial charge in [-0.15, -0.1) is 0 Å². The van der Waals surface area contributed by atoms with Gasteiger partial charge in [-0.05, 0) is 111 Å². The summed E-state index contributed by atoms with van der Waals surface area (Å²) in [6, 6.07) is 12.0. The van der Waals surface area contributed by atoms with E-state index in [0.29, 0.717) is 44.3 Å². The summed E-state index contributed by atoms with van der Waals surface area (Å²) >= 11 is 0. The van der Waals surface area contributed by atoms with Crippen molar-refractivity contribution in [2.24, 2.45) is 0 Å². The molecule has 2 aromatic heterocycles. The summed E-state index contributed by atoms with van der Waals surface area (Å²) in [5.74, 6) is 0.366. The van der Waals surface area contributed by atoms with Crippen molar-refractivity contribution in [1.29, 1.82) is 0 Å². The predicted octanol–water partition coefficient (Wildman–Crippen LogP) is 7.17. The van der Waals surface area contributed by atoms with Gasteiger partial charge >= 0.3 is 0 Å². The maximum absolute atomic E-state index is 14.4. The van der Waals surface area contributed by atoms with Crippen molar-refractivity contribution in [3.05, 3.63) is 70.5 Å². The molecule has 280 valence electrons. The predicted molar refractivity (Wildman–Crippen MR) is 206 cm³/mol. The van der Waals surface area contributed by atoms with E-state index in [4.69, 9.17) is 14.6 Å². The van der Waals surface area contributed by atoms with E-state index in [1.807, 2.05) is 23.1 Å². The molecule has 1 N–H and O–H groups in total. The highest BCUT2D eigenvalue weighted by Crippen LogP contribution is 2.48. The van der Waals surface area contributed by atoms with E-state index < -0.39 is 21.2 Å². The van der Waals surface area contributed by atoms with E-state index in [-0.39, 0.29) is 17.5 Å². The maximum Gasteiger partial charge on any atom is 0.264 e. The highest BCUT2D eigenvalue weighted by atomic mass is 32.2. The molecular formula is C41H49N5O6S. The third-order valence-corrected chi connectivity index (χ3v) is 13.4. The molecule has 0 spiro atoms. The Balaban J connectivity index is 1.35. The van der Waals surface area contributed by atoms with E-state index in [1.54, 1.807) is 33.2 Å². The van der Waals surface area contributed by atoms with Crippen molar-refractivity contribution < 1.29 is 27.5 Å².